The number of aromatic nitrogens is 2. The Morgan fingerprint density at radius 1 is 0.778 bits per heavy atom. The third-order valence-electron chi connectivity index (χ3n) is 3.28. The zero-order valence-corrected chi connectivity index (χ0v) is 10.1. The summed E-state index contributed by atoms with van der Waals surface area (Å²) in [4.78, 5) is 30.2. The molecule has 3 rings (SSSR count). The molecule has 0 aliphatic heterocycles. The normalized spacial score (nSPS) is 11.2. The van der Waals surface area contributed by atoms with E-state index >= 15 is 0 Å². The van der Waals surface area contributed by atoms with Crippen molar-refractivity contribution >= 4 is 21.8 Å². The van der Waals surface area contributed by atoms with Gasteiger partial charge >= 0.3 is 0 Å². The van der Waals surface area contributed by atoms with Crippen molar-refractivity contribution in [1.29, 1.82) is 0 Å². The van der Waals surface area contributed by atoms with E-state index in [-0.39, 0.29) is 10.9 Å². The molecular weight excluding hydrogens is 228 g/mol. The van der Waals surface area contributed by atoms with Crippen LogP contribution in [-0.2, 0) is 0 Å². The Labute approximate surface area is 102 Å². The molecule has 0 aliphatic rings. The summed E-state index contributed by atoms with van der Waals surface area (Å²) >= 11 is 0. The number of nitrogens with one attached hydrogen (secondary N) is 2. The number of aromatic amines is 2. The molecule has 0 saturated carbocycles. The van der Waals surface area contributed by atoms with Crippen LogP contribution in [0.1, 0.15) is 11.1 Å². The summed E-state index contributed by atoms with van der Waals surface area (Å²) in [6.45, 7) is 3.53. The van der Waals surface area contributed by atoms with Gasteiger partial charge in [-0.05, 0) is 26.0 Å². The first-order chi connectivity index (χ1) is 8.59. The van der Waals surface area contributed by atoms with E-state index in [0.29, 0.717) is 32.9 Å². The Bertz CT molecular complexity index is 813. The SMILES string of the molecule is Cc1c[nH]c2c(ccc3c(=O)c(C)c[nH]c32)c1=O. The summed E-state index contributed by atoms with van der Waals surface area (Å²) < 4.78 is 0. The molecule has 0 saturated heterocycles. The summed E-state index contributed by atoms with van der Waals surface area (Å²) in [5.41, 5.74) is 2.67. The number of aryl methyl sites for hydroxylation is 2. The van der Waals surface area contributed by atoms with Gasteiger partial charge in [0.25, 0.3) is 0 Å². The average Bonchev–Trinajstić information content (AvgIpc) is 2.38. The van der Waals surface area contributed by atoms with E-state index in [1.807, 2.05) is 0 Å². The second kappa shape index (κ2) is 3.57. The molecule has 2 heterocycles. The molecule has 4 heteroatoms. The van der Waals surface area contributed by atoms with Gasteiger partial charge in [-0.2, -0.15) is 0 Å². The number of pyridine rings is 2. The van der Waals surface area contributed by atoms with Gasteiger partial charge in [0.1, 0.15) is 0 Å². The summed E-state index contributed by atoms with van der Waals surface area (Å²) in [6.07, 6.45) is 3.34. The molecule has 18 heavy (non-hydrogen) atoms. The predicted molar refractivity (Wildman–Crippen MR) is 72.2 cm³/mol. The molecule has 0 aliphatic carbocycles. The number of fused-ring (bicyclic) bond motifs is 3. The minimum Gasteiger partial charge on any atom is -0.359 e. The Morgan fingerprint density at radius 2 is 1.17 bits per heavy atom. The van der Waals surface area contributed by atoms with Crippen LogP contribution < -0.4 is 10.9 Å². The molecule has 4 nitrogen and oxygen atoms in total. The van der Waals surface area contributed by atoms with Crippen LogP contribution in [0.5, 0.6) is 0 Å². The first kappa shape index (κ1) is 10.8. The van der Waals surface area contributed by atoms with E-state index in [9.17, 15) is 9.59 Å². The molecular formula is C14H12N2O2. The van der Waals surface area contributed by atoms with Crippen LogP contribution in [0, 0.1) is 13.8 Å². The Hall–Kier alpha value is -2.36. The van der Waals surface area contributed by atoms with Crippen molar-refractivity contribution < 1.29 is 0 Å². The summed E-state index contributed by atoms with van der Waals surface area (Å²) in [6, 6.07) is 3.41. The van der Waals surface area contributed by atoms with Crippen molar-refractivity contribution in [3.05, 3.63) is 56.1 Å². The highest BCUT2D eigenvalue weighted by Gasteiger charge is 2.08. The van der Waals surface area contributed by atoms with Gasteiger partial charge in [0, 0.05) is 34.3 Å². The highest BCUT2D eigenvalue weighted by Crippen LogP contribution is 2.17. The quantitative estimate of drug-likeness (QED) is 0.590. The lowest BCUT2D eigenvalue weighted by Gasteiger charge is -2.05. The molecule has 3 aromatic rings. The molecule has 2 aromatic heterocycles. The Balaban J connectivity index is 2.64. The number of H-pyrrole nitrogens is 2. The maximum Gasteiger partial charge on any atom is 0.192 e. The molecule has 0 atom stereocenters. The number of hydrogen-bond acceptors (Lipinski definition) is 2. The second-order valence-electron chi connectivity index (χ2n) is 4.51. The molecule has 0 amide bonds. The third-order valence-corrected chi connectivity index (χ3v) is 3.28. The lowest BCUT2D eigenvalue weighted by molar-refractivity contribution is 1.27. The van der Waals surface area contributed by atoms with Gasteiger partial charge in [0.15, 0.2) is 10.9 Å². The smallest absolute Gasteiger partial charge is 0.192 e. The molecule has 0 radical (unpaired) electrons. The van der Waals surface area contributed by atoms with Gasteiger partial charge in [-0.15, -0.1) is 0 Å². The average molecular weight is 240 g/mol. The summed E-state index contributed by atoms with van der Waals surface area (Å²) in [5.74, 6) is 0. The zero-order chi connectivity index (χ0) is 12.9. The first-order valence-corrected chi connectivity index (χ1v) is 5.72. The second-order valence-corrected chi connectivity index (χ2v) is 4.51. The van der Waals surface area contributed by atoms with Gasteiger partial charge in [-0.1, -0.05) is 0 Å². The van der Waals surface area contributed by atoms with Crippen molar-refractivity contribution in [2.24, 2.45) is 0 Å². The van der Waals surface area contributed by atoms with E-state index in [1.165, 1.54) is 0 Å². The minimum atomic E-state index is -0.00734. The van der Waals surface area contributed by atoms with Crippen LogP contribution in [0.4, 0.5) is 0 Å². The van der Waals surface area contributed by atoms with Gasteiger partial charge in [-0.25, -0.2) is 0 Å². The topological polar surface area (TPSA) is 65.7 Å². The Morgan fingerprint density at radius 3 is 1.56 bits per heavy atom. The lowest BCUT2D eigenvalue weighted by atomic mass is 10.1. The monoisotopic (exact) mass is 240 g/mol. The number of rotatable bonds is 0. The molecule has 90 valence electrons. The molecule has 1 aromatic carbocycles. The van der Waals surface area contributed by atoms with Crippen molar-refractivity contribution in [2.45, 2.75) is 13.8 Å². The van der Waals surface area contributed by atoms with Crippen LogP contribution >= 0.6 is 0 Å². The highest BCUT2D eigenvalue weighted by atomic mass is 16.1. The summed E-state index contributed by atoms with van der Waals surface area (Å²) in [7, 11) is 0. The fourth-order valence-corrected chi connectivity index (χ4v) is 2.20. The van der Waals surface area contributed by atoms with Crippen LogP contribution in [0.2, 0.25) is 0 Å². The predicted octanol–water partition coefficient (Wildman–Crippen LogP) is 1.99. The maximum absolute atomic E-state index is 12.0. The van der Waals surface area contributed by atoms with Crippen LogP contribution in [0.25, 0.3) is 21.8 Å². The van der Waals surface area contributed by atoms with E-state index in [4.69, 9.17) is 0 Å². The number of benzene rings is 1. The lowest BCUT2D eigenvalue weighted by Crippen LogP contribution is -2.10. The van der Waals surface area contributed by atoms with E-state index in [1.54, 1.807) is 38.4 Å². The van der Waals surface area contributed by atoms with Crippen LogP contribution in [0.3, 0.4) is 0 Å². The van der Waals surface area contributed by atoms with Crippen molar-refractivity contribution in [1.82, 2.24) is 9.97 Å². The van der Waals surface area contributed by atoms with Crippen molar-refractivity contribution in [3.63, 3.8) is 0 Å². The fourth-order valence-electron chi connectivity index (χ4n) is 2.20. The van der Waals surface area contributed by atoms with Crippen LogP contribution in [-0.4, -0.2) is 9.97 Å². The third kappa shape index (κ3) is 1.32. The van der Waals surface area contributed by atoms with Crippen LogP contribution in [0.15, 0.2) is 34.1 Å². The largest absolute Gasteiger partial charge is 0.359 e. The minimum absolute atomic E-state index is 0.00734. The summed E-state index contributed by atoms with van der Waals surface area (Å²) in [5, 5.41) is 1.20. The van der Waals surface area contributed by atoms with E-state index in [0.717, 1.165) is 0 Å². The molecule has 0 fully saturated rings. The Kier molecular flexibility index (Phi) is 2.13. The zero-order valence-electron chi connectivity index (χ0n) is 10.1. The van der Waals surface area contributed by atoms with Gasteiger partial charge in [0.2, 0.25) is 0 Å². The van der Waals surface area contributed by atoms with Gasteiger partial charge < -0.3 is 9.97 Å². The van der Waals surface area contributed by atoms with Crippen molar-refractivity contribution in [3.8, 4) is 0 Å². The number of hydrogen-bond donors (Lipinski definition) is 2. The molecule has 0 bridgehead atoms. The van der Waals surface area contributed by atoms with E-state index in [2.05, 4.69) is 9.97 Å². The van der Waals surface area contributed by atoms with E-state index < -0.39 is 0 Å². The van der Waals surface area contributed by atoms with Gasteiger partial charge in [0.05, 0.1) is 11.0 Å². The first-order valence-electron chi connectivity index (χ1n) is 5.72. The fraction of sp³-hybridized carbons (Fsp3) is 0.143. The van der Waals surface area contributed by atoms with Crippen molar-refractivity contribution in [2.75, 3.05) is 0 Å². The molecule has 0 unspecified atom stereocenters. The molecule has 0 spiro atoms. The standard InChI is InChI=1S/C14H12N2O2/c1-7-5-15-11-9(13(7)17)3-4-10-12(11)16-6-8(2)14(10)18/h3-6H,1-2H3,(H,15,17)(H,16,18). The highest BCUT2D eigenvalue weighted by molar-refractivity contribution is 6.02. The maximum atomic E-state index is 12.0. The molecule has 2 N–H and O–H groups in total. The van der Waals surface area contributed by atoms with Gasteiger partial charge in [-0.3, -0.25) is 9.59 Å².